The van der Waals surface area contributed by atoms with Gasteiger partial charge in [0.2, 0.25) is 17.7 Å². The molecule has 29 heavy (non-hydrogen) atoms. The summed E-state index contributed by atoms with van der Waals surface area (Å²) >= 11 is 0. The maximum absolute atomic E-state index is 11.9. The number of hydrogen-bond acceptors (Lipinski definition) is 7. The maximum Gasteiger partial charge on any atom is 0.253 e. The summed E-state index contributed by atoms with van der Waals surface area (Å²) in [5.41, 5.74) is -0.289. The minimum absolute atomic E-state index is 0.0218. The van der Waals surface area contributed by atoms with Gasteiger partial charge in [0.25, 0.3) is 11.8 Å². The Morgan fingerprint density at radius 3 is 2.17 bits per heavy atom. The van der Waals surface area contributed by atoms with Crippen molar-refractivity contribution < 1.29 is 33.5 Å². The second kappa shape index (κ2) is 12.0. The van der Waals surface area contributed by atoms with Gasteiger partial charge in [-0.3, -0.25) is 33.7 Å². The molecule has 1 aliphatic heterocycles. The third kappa shape index (κ3) is 8.93. The summed E-state index contributed by atoms with van der Waals surface area (Å²) in [6.07, 6.45) is 2.33. The van der Waals surface area contributed by atoms with E-state index >= 15 is 0 Å². The summed E-state index contributed by atoms with van der Waals surface area (Å²) in [4.78, 5) is 70.1. The highest BCUT2D eigenvalue weighted by Crippen LogP contribution is 2.02. The lowest BCUT2D eigenvalue weighted by Crippen LogP contribution is -2.49. The normalized spacial score (nSPS) is 15.1. The van der Waals surface area contributed by atoms with Crippen LogP contribution in [0.5, 0.6) is 0 Å². The van der Waals surface area contributed by atoms with Crippen LogP contribution in [0.25, 0.3) is 0 Å². The Hall–Kier alpha value is -2.65. The van der Waals surface area contributed by atoms with E-state index in [2.05, 4.69) is 16.0 Å². The van der Waals surface area contributed by atoms with E-state index in [1.807, 2.05) is 9.24 Å². The van der Waals surface area contributed by atoms with Crippen LogP contribution in [-0.4, -0.2) is 78.3 Å². The van der Waals surface area contributed by atoms with Crippen LogP contribution in [0, 0.1) is 0 Å². The smallest absolute Gasteiger partial charge is 0.253 e. The molecule has 0 fully saturated rings. The van der Waals surface area contributed by atoms with Crippen LogP contribution >= 0.6 is 9.24 Å². The lowest BCUT2D eigenvalue weighted by atomic mass is 10.3. The second-order valence-corrected chi connectivity index (χ2v) is 6.79. The summed E-state index contributed by atoms with van der Waals surface area (Å²) in [6.45, 7) is 2.87. The largest absolute Gasteiger partial charge is 0.379 e. The first-order chi connectivity index (χ1) is 13.6. The number of nitrogens with zero attached hydrogens (tertiary/aromatic N) is 1. The zero-order valence-corrected chi connectivity index (χ0v) is 17.4. The van der Waals surface area contributed by atoms with E-state index in [1.54, 1.807) is 0 Å². The highest BCUT2D eigenvalue weighted by molar-refractivity contribution is 7.40. The average Bonchev–Trinajstić information content (AvgIpc) is 2.97. The molecule has 3 unspecified atom stereocenters. The molecule has 0 aromatic rings. The van der Waals surface area contributed by atoms with Crippen molar-refractivity contribution in [3.63, 3.8) is 0 Å². The van der Waals surface area contributed by atoms with Crippen molar-refractivity contribution in [2.24, 2.45) is 0 Å². The van der Waals surface area contributed by atoms with Crippen LogP contribution in [0.15, 0.2) is 12.2 Å². The zero-order valence-electron chi connectivity index (χ0n) is 16.2. The molecule has 3 atom stereocenters. The zero-order chi connectivity index (χ0) is 22.0. The molecule has 0 aromatic carbocycles. The predicted molar refractivity (Wildman–Crippen MR) is 104 cm³/mol. The van der Waals surface area contributed by atoms with E-state index in [4.69, 9.17) is 4.74 Å². The van der Waals surface area contributed by atoms with Crippen molar-refractivity contribution >= 4 is 44.3 Å². The third-order valence-electron chi connectivity index (χ3n) is 3.83. The van der Waals surface area contributed by atoms with Gasteiger partial charge in [0.1, 0.15) is 6.04 Å². The number of hydrogen-bond donors (Lipinski definition) is 3. The van der Waals surface area contributed by atoms with Crippen molar-refractivity contribution in [3.8, 4) is 0 Å². The summed E-state index contributed by atoms with van der Waals surface area (Å²) in [6, 6.07) is -1.55. The van der Waals surface area contributed by atoms with E-state index < -0.39 is 41.6 Å². The Labute approximate surface area is 170 Å². The molecule has 0 bridgehead atoms. The number of nitrogens with one attached hydrogen (secondary N) is 3. The lowest BCUT2D eigenvalue weighted by Gasteiger charge is -2.16. The molecule has 0 saturated heterocycles. The minimum atomic E-state index is -0.873. The first-order valence-corrected chi connectivity index (χ1v) is 9.46. The van der Waals surface area contributed by atoms with Gasteiger partial charge in [-0.2, -0.15) is 0 Å². The van der Waals surface area contributed by atoms with Crippen LogP contribution in [0.4, 0.5) is 0 Å². The fraction of sp³-hybridized carbons (Fsp3) is 0.529. The van der Waals surface area contributed by atoms with Gasteiger partial charge in [0, 0.05) is 18.6 Å². The van der Waals surface area contributed by atoms with E-state index in [9.17, 15) is 28.8 Å². The summed E-state index contributed by atoms with van der Waals surface area (Å²) in [5.74, 6) is -2.33. The molecule has 0 aliphatic carbocycles. The first kappa shape index (κ1) is 24.4. The topological polar surface area (TPSA) is 151 Å². The SMILES string of the molecule is CC(NC(=O)CNC(=O)C(C)NC(=O)CCOCCN1C(=O)C=CC1=O)C(=O)P. The second-order valence-electron chi connectivity index (χ2n) is 6.22. The van der Waals surface area contributed by atoms with Crippen LogP contribution in [-0.2, 0) is 33.5 Å². The number of carbonyl (C=O) groups is 6. The van der Waals surface area contributed by atoms with Crippen molar-refractivity contribution in [3.05, 3.63) is 12.2 Å². The average molecular weight is 428 g/mol. The first-order valence-electron chi connectivity index (χ1n) is 8.88. The van der Waals surface area contributed by atoms with Gasteiger partial charge in [-0.15, -0.1) is 0 Å². The minimum Gasteiger partial charge on any atom is -0.379 e. The number of amides is 5. The van der Waals surface area contributed by atoms with Gasteiger partial charge in [0.15, 0.2) is 5.52 Å². The molecule has 12 heteroatoms. The molecule has 3 N–H and O–H groups in total. The molecule has 0 spiro atoms. The molecule has 1 heterocycles. The maximum atomic E-state index is 11.9. The quantitative estimate of drug-likeness (QED) is 0.182. The summed E-state index contributed by atoms with van der Waals surface area (Å²) < 4.78 is 5.22. The van der Waals surface area contributed by atoms with E-state index in [0.29, 0.717) is 0 Å². The fourth-order valence-electron chi connectivity index (χ4n) is 2.14. The van der Waals surface area contributed by atoms with Crippen molar-refractivity contribution in [1.82, 2.24) is 20.9 Å². The Morgan fingerprint density at radius 1 is 1.00 bits per heavy atom. The molecule has 1 rings (SSSR count). The van der Waals surface area contributed by atoms with Crippen LogP contribution in [0.2, 0.25) is 0 Å². The van der Waals surface area contributed by atoms with Crippen LogP contribution in [0.3, 0.4) is 0 Å². The third-order valence-corrected chi connectivity index (χ3v) is 4.33. The van der Waals surface area contributed by atoms with E-state index in [1.165, 1.54) is 26.0 Å². The molecule has 5 amide bonds. The monoisotopic (exact) mass is 428 g/mol. The molecule has 0 saturated carbocycles. The fourth-order valence-corrected chi connectivity index (χ4v) is 2.22. The summed E-state index contributed by atoms with van der Waals surface area (Å²) in [7, 11) is 1.95. The van der Waals surface area contributed by atoms with E-state index in [-0.39, 0.29) is 38.2 Å². The van der Waals surface area contributed by atoms with Crippen molar-refractivity contribution in [2.75, 3.05) is 26.3 Å². The van der Waals surface area contributed by atoms with Gasteiger partial charge < -0.3 is 20.7 Å². The van der Waals surface area contributed by atoms with Crippen LogP contribution in [0.1, 0.15) is 20.3 Å². The van der Waals surface area contributed by atoms with Gasteiger partial charge >= 0.3 is 0 Å². The molecule has 11 nitrogen and oxygen atoms in total. The summed E-state index contributed by atoms with van der Waals surface area (Å²) in [5, 5.41) is 7.22. The predicted octanol–water partition coefficient (Wildman–Crippen LogP) is -2.15. The Balaban J connectivity index is 2.17. The van der Waals surface area contributed by atoms with Crippen LogP contribution < -0.4 is 16.0 Å². The number of imide groups is 1. The highest BCUT2D eigenvalue weighted by atomic mass is 31.0. The van der Waals surface area contributed by atoms with Gasteiger partial charge in [-0.1, -0.05) is 9.24 Å². The standard InChI is InChI=1S/C17H25N4O7P/c1-10(16(26)18-9-13(23)20-11(2)17(27)29)19-12(22)5-7-28-8-6-21-14(24)3-4-15(21)25/h3-4,10-11H,5-9,29H2,1-2H3,(H,18,26)(H,19,22)(H,20,23). The molecular formula is C17H25N4O7P. The van der Waals surface area contributed by atoms with E-state index in [0.717, 1.165) is 4.90 Å². The molecular weight excluding hydrogens is 403 g/mol. The Morgan fingerprint density at radius 2 is 1.59 bits per heavy atom. The Bertz CT molecular complexity index is 692. The molecule has 0 aromatic heterocycles. The van der Waals surface area contributed by atoms with Gasteiger partial charge in [-0.05, 0) is 13.8 Å². The molecule has 160 valence electrons. The highest BCUT2D eigenvalue weighted by Gasteiger charge is 2.22. The molecule has 1 aliphatic rings. The Kier molecular flexibility index (Phi) is 10.1. The number of ether oxygens (including phenoxy) is 1. The van der Waals surface area contributed by atoms with Crippen molar-refractivity contribution in [1.29, 1.82) is 0 Å². The number of rotatable bonds is 12. The molecule has 0 radical (unpaired) electrons. The van der Waals surface area contributed by atoms with Crippen molar-refractivity contribution in [2.45, 2.75) is 32.4 Å². The number of carbonyl (C=O) groups excluding carboxylic acids is 6. The van der Waals surface area contributed by atoms with Gasteiger partial charge in [-0.25, -0.2) is 0 Å². The van der Waals surface area contributed by atoms with Gasteiger partial charge in [0.05, 0.1) is 32.3 Å². The lowest BCUT2D eigenvalue weighted by molar-refractivity contribution is -0.138.